The summed E-state index contributed by atoms with van der Waals surface area (Å²) in [5.74, 6) is -0.426. The van der Waals surface area contributed by atoms with E-state index < -0.39 is 23.7 Å². The molecule has 1 aliphatic rings. The number of carbonyl (C=O) groups is 1. The lowest BCUT2D eigenvalue weighted by atomic mass is 10.1. The second kappa shape index (κ2) is 4.49. The van der Waals surface area contributed by atoms with Crippen LogP contribution in [0.3, 0.4) is 0 Å². The van der Waals surface area contributed by atoms with Crippen molar-refractivity contribution in [2.24, 2.45) is 5.73 Å². The van der Waals surface area contributed by atoms with Gasteiger partial charge in [-0.2, -0.15) is 13.2 Å². The van der Waals surface area contributed by atoms with Crippen LogP contribution in [-0.4, -0.2) is 18.6 Å². The summed E-state index contributed by atoms with van der Waals surface area (Å²) in [6.07, 6.45) is -4.19. The fourth-order valence-electron chi connectivity index (χ4n) is 1.57. The maximum Gasteiger partial charge on any atom is 0.416 e. The number of hydrogen-bond acceptors (Lipinski definition) is 3. The van der Waals surface area contributed by atoms with E-state index in [0.29, 0.717) is 0 Å². The number of hydrogen-bond donors (Lipinski definition) is 2. The topological polar surface area (TPSA) is 64.3 Å². The zero-order valence-electron chi connectivity index (χ0n) is 9.25. The predicted octanol–water partition coefficient (Wildman–Crippen LogP) is 1.75. The molecule has 0 aliphatic carbocycles. The standard InChI is InChI=1S/C11H11F3N2O2/c12-11(13,14)6-1-2-8-9(5-6)18-4-3-7(15)10(17)16-8/h1-2,5,7H,3-4,15H2,(H,16,17). The summed E-state index contributed by atoms with van der Waals surface area (Å²) in [7, 11) is 0. The lowest BCUT2D eigenvalue weighted by molar-refractivity contribution is -0.137. The molecule has 0 spiro atoms. The van der Waals surface area contributed by atoms with Gasteiger partial charge < -0.3 is 15.8 Å². The number of nitrogens with one attached hydrogen (secondary N) is 1. The molecule has 0 fully saturated rings. The maximum atomic E-state index is 12.5. The third-order valence-electron chi connectivity index (χ3n) is 2.59. The number of alkyl halides is 3. The van der Waals surface area contributed by atoms with Crippen LogP contribution in [0.1, 0.15) is 12.0 Å². The average Bonchev–Trinajstić information content (AvgIpc) is 2.27. The number of fused-ring (bicyclic) bond motifs is 1. The van der Waals surface area contributed by atoms with Crippen molar-refractivity contribution in [2.45, 2.75) is 18.6 Å². The molecule has 2 rings (SSSR count). The summed E-state index contributed by atoms with van der Waals surface area (Å²) in [6.45, 7) is 0.100. The van der Waals surface area contributed by atoms with E-state index >= 15 is 0 Å². The van der Waals surface area contributed by atoms with Crippen LogP contribution in [-0.2, 0) is 11.0 Å². The van der Waals surface area contributed by atoms with E-state index in [9.17, 15) is 18.0 Å². The molecule has 1 amide bonds. The second-order valence-corrected chi connectivity index (χ2v) is 3.94. The van der Waals surface area contributed by atoms with Gasteiger partial charge in [0.05, 0.1) is 23.9 Å². The molecule has 1 heterocycles. The van der Waals surface area contributed by atoms with Gasteiger partial charge >= 0.3 is 6.18 Å². The van der Waals surface area contributed by atoms with Crippen LogP contribution >= 0.6 is 0 Å². The summed E-state index contributed by atoms with van der Waals surface area (Å²) in [5.41, 5.74) is 4.91. The normalized spacial score (nSPS) is 20.2. The fourth-order valence-corrected chi connectivity index (χ4v) is 1.57. The van der Waals surface area contributed by atoms with Crippen LogP contribution in [0.4, 0.5) is 18.9 Å². The van der Waals surface area contributed by atoms with Gasteiger partial charge in [-0.1, -0.05) is 0 Å². The lowest BCUT2D eigenvalue weighted by Crippen LogP contribution is -2.38. The molecule has 1 unspecified atom stereocenters. The van der Waals surface area contributed by atoms with Gasteiger partial charge in [-0.3, -0.25) is 4.79 Å². The van der Waals surface area contributed by atoms with Gasteiger partial charge in [-0.05, 0) is 18.2 Å². The van der Waals surface area contributed by atoms with E-state index in [1.165, 1.54) is 0 Å². The Kier molecular flexibility index (Phi) is 3.16. The van der Waals surface area contributed by atoms with E-state index in [1.54, 1.807) is 0 Å². The van der Waals surface area contributed by atoms with Gasteiger partial charge in [0.2, 0.25) is 5.91 Å². The van der Waals surface area contributed by atoms with Crippen LogP contribution in [0.15, 0.2) is 18.2 Å². The minimum atomic E-state index is -4.44. The van der Waals surface area contributed by atoms with Crippen molar-refractivity contribution < 1.29 is 22.7 Å². The van der Waals surface area contributed by atoms with Crippen LogP contribution in [0.2, 0.25) is 0 Å². The number of amides is 1. The number of ether oxygens (including phenoxy) is 1. The Balaban J connectivity index is 2.35. The molecule has 1 atom stereocenters. The van der Waals surface area contributed by atoms with Gasteiger partial charge in [-0.25, -0.2) is 0 Å². The van der Waals surface area contributed by atoms with Crippen molar-refractivity contribution in [1.29, 1.82) is 0 Å². The summed E-state index contributed by atoms with van der Waals surface area (Å²) in [4.78, 5) is 11.5. The summed E-state index contributed by atoms with van der Waals surface area (Å²) >= 11 is 0. The smallest absolute Gasteiger partial charge is 0.416 e. The largest absolute Gasteiger partial charge is 0.491 e. The molecule has 4 nitrogen and oxygen atoms in total. The molecule has 0 aromatic heterocycles. The van der Waals surface area contributed by atoms with Gasteiger partial charge in [0.15, 0.2) is 0 Å². The zero-order chi connectivity index (χ0) is 13.3. The molecule has 1 aromatic carbocycles. The van der Waals surface area contributed by atoms with E-state index in [2.05, 4.69) is 5.32 Å². The Morgan fingerprint density at radius 3 is 2.78 bits per heavy atom. The Hall–Kier alpha value is -1.76. The zero-order valence-corrected chi connectivity index (χ0v) is 9.25. The molecule has 0 saturated heterocycles. The van der Waals surface area contributed by atoms with Gasteiger partial charge in [-0.15, -0.1) is 0 Å². The number of rotatable bonds is 0. The SMILES string of the molecule is NC1CCOc2cc(C(F)(F)F)ccc2NC1=O. The van der Waals surface area contributed by atoms with Crippen molar-refractivity contribution >= 4 is 11.6 Å². The molecular formula is C11H11F3N2O2. The first-order valence-electron chi connectivity index (χ1n) is 5.28. The molecule has 1 aromatic rings. The first kappa shape index (κ1) is 12.7. The Morgan fingerprint density at radius 2 is 2.11 bits per heavy atom. The molecule has 18 heavy (non-hydrogen) atoms. The summed E-state index contributed by atoms with van der Waals surface area (Å²) in [5, 5.41) is 2.43. The molecule has 0 radical (unpaired) electrons. The highest BCUT2D eigenvalue weighted by molar-refractivity contribution is 5.96. The third-order valence-corrected chi connectivity index (χ3v) is 2.59. The number of anilines is 1. The van der Waals surface area contributed by atoms with Crippen molar-refractivity contribution in [1.82, 2.24) is 0 Å². The Labute approximate surface area is 101 Å². The molecule has 0 saturated carbocycles. The van der Waals surface area contributed by atoms with Gasteiger partial charge in [0.1, 0.15) is 5.75 Å². The van der Waals surface area contributed by atoms with E-state index in [0.717, 1.165) is 18.2 Å². The molecule has 1 aliphatic heterocycles. The van der Waals surface area contributed by atoms with Crippen LogP contribution in [0.5, 0.6) is 5.75 Å². The molecule has 3 N–H and O–H groups in total. The molecule has 98 valence electrons. The minimum absolute atomic E-state index is 0.00470. The Morgan fingerprint density at radius 1 is 1.39 bits per heavy atom. The number of carbonyl (C=O) groups excluding carboxylic acids is 1. The average molecular weight is 260 g/mol. The van der Waals surface area contributed by atoms with Crippen molar-refractivity contribution in [3.8, 4) is 5.75 Å². The number of benzene rings is 1. The summed E-state index contributed by atoms with van der Waals surface area (Å²) < 4.78 is 42.7. The number of halogens is 3. The predicted molar refractivity (Wildman–Crippen MR) is 58.2 cm³/mol. The monoisotopic (exact) mass is 260 g/mol. The second-order valence-electron chi connectivity index (χ2n) is 3.94. The summed E-state index contributed by atoms with van der Waals surface area (Å²) in [6, 6.07) is 2.19. The van der Waals surface area contributed by atoms with Gasteiger partial charge in [0.25, 0.3) is 0 Å². The van der Waals surface area contributed by atoms with E-state index in [-0.39, 0.29) is 24.5 Å². The molecular weight excluding hydrogens is 249 g/mol. The first-order chi connectivity index (χ1) is 8.38. The van der Waals surface area contributed by atoms with Crippen molar-refractivity contribution in [3.63, 3.8) is 0 Å². The third kappa shape index (κ3) is 2.56. The van der Waals surface area contributed by atoms with E-state index in [4.69, 9.17) is 10.5 Å². The van der Waals surface area contributed by atoms with Crippen LogP contribution < -0.4 is 15.8 Å². The molecule has 7 heteroatoms. The van der Waals surface area contributed by atoms with Crippen molar-refractivity contribution in [2.75, 3.05) is 11.9 Å². The fraction of sp³-hybridized carbons (Fsp3) is 0.364. The highest BCUT2D eigenvalue weighted by Crippen LogP contribution is 2.35. The Bertz CT molecular complexity index is 474. The first-order valence-corrected chi connectivity index (χ1v) is 5.28. The lowest BCUT2D eigenvalue weighted by Gasteiger charge is -2.20. The highest BCUT2D eigenvalue weighted by atomic mass is 19.4. The quantitative estimate of drug-likeness (QED) is 0.747. The van der Waals surface area contributed by atoms with Crippen molar-refractivity contribution in [3.05, 3.63) is 23.8 Å². The van der Waals surface area contributed by atoms with Crippen LogP contribution in [0.25, 0.3) is 0 Å². The van der Waals surface area contributed by atoms with Crippen LogP contribution in [0, 0.1) is 0 Å². The minimum Gasteiger partial charge on any atom is -0.491 e. The number of nitrogens with two attached hydrogens (primary N) is 1. The highest BCUT2D eigenvalue weighted by Gasteiger charge is 2.32. The van der Waals surface area contributed by atoms with Gasteiger partial charge in [0, 0.05) is 6.42 Å². The molecule has 0 bridgehead atoms. The van der Waals surface area contributed by atoms with E-state index in [1.807, 2.05) is 0 Å². The maximum absolute atomic E-state index is 12.5.